The molecule has 0 bridgehead atoms. The van der Waals surface area contributed by atoms with Gasteiger partial charge in [0.05, 0.1) is 5.66 Å². The lowest BCUT2D eigenvalue weighted by molar-refractivity contribution is 0.361. The number of allylic oxidation sites excluding steroid dienone is 1. The Balaban J connectivity index is 2.85. The molecular weight excluding hydrogens is 135 g/mol. The molecular formula is C6H9FN2O. The zero-order chi connectivity index (χ0) is 7.78. The Hall–Kier alpha value is -0.870. The Morgan fingerprint density at radius 3 is 2.60 bits per heavy atom. The van der Waals surface area contributed by atoms with Crippen LogP contribution in [0.5, 0.6) is 0 Å². The molecule has 0 saturated carbocycles. The summed E-state index contributed by atoms with van der Waals surface area (Å²) in [6, 6.07) is 0. The highest BCUT2D eigenvalue weighted by molar-refractivity contribution is 5.26. The first-order valence-electron chi connectivity index (χ1n) is 2.86. The molecule has 0 aromatic carbocycles. The van der Waals surface area contributed by atoms with Crippen LogP contribution < -0.4 is 11.5 Å². The molecule has 0 aliphatic heterocycles. The summed E-state index contributed by atoms with van der Waals surface area (Å²) in [4.78, 5) is 0. The minimum absolute atomic E-state index is 0.144. The zero-order valence-electron chi connectivity index (χ0n) is 5.34. The van der Waals surface area contributed by atoms with Crippen molar-refractivity contribution >= 4 is 0 Å². The maximum Gasteiger partial charge on any atom is 0.146 e. The van der Waals surface area contributed by atoms with E-state index in [9.17, 15) is 4.39 Å². The summed E-state index contributed by atoms with van der Waals surface area (Å²) in [5.41, 5.74) is 9.53. The molecule has 0 radical (unpaired) electrons. The van der Waals surface area contributed by atoms with Gasteiger partial charge in [-0.3, -0.25) is 0 Å². The van der Waals surface area contributed by atoms with Crippen LogP contribution in [0, 0.1) is 0 Å². The van der Waals surface area contributed by atoms with Crippen LogP contribution in [0.3, 0.4) is 0 Å². The van der Waals surface area contributed by atoms with E-state index in [0.29, 0.717) is 0 Å². The van der Waals surface area contributed by atoms with Gasteiger partial charge in [0.25, 0.3) is 0 Å². The molecule has 0 aromatic heterocycles. The quantitative estimate of drug-likeness (QED) is 0.428. The van der Waals surface area contributed by atoms with Crippen LogP contribution >= 0.6 is 0 Å². The Morgan fingerprint density at radius 1 is 1.60 bits per heavy atom. The van der Waals surface area contributed by atoms with Crippen LogP contribution in [0.25, 0.3) is 0 Å². The fourth-order valence-corrected chi connectivity index (χ4v) is 0.743. The average molecular weight is 144 g/mol. The van der Waals surface area contributed by atoms with E-state index in [1.807, 2.05) is 0 Å². The first-order valence-corrected chi connectivity index (χ1v) is 2.86. The smallest absolute Gasteiger partial charge is 0.146 e. The number of hydrogen-bond donors (Lipinski definition) is 3. The second kappa shape index (κ2) is 2.07. The van der Waals surface area contributed by atoms with Gasteiger partial charge in [0, 0.05) is 6.42 Å². The van der Waals surface area contributed by atoms with Crippen molar-refractivity contribution in [3.63, 3.8) is 0 Å². The van der Waals surface area contributed by atoms with E-state index < -0.39 is 11.5 Å². The van der Waals surface area contributed by atoms with Gasteiger partial charge >= 0.3 is 0 Å². The van der Waals surface area contributed by atoms with E-state index in [0.717, 1.165) is 0 Å². The highest BCUT2D eigenvalue weighted by Gasteiger charge is 2.23. The SMILES string of the molecule is NC1(N)C=CC(O)=C(F)C1. The van der Waals surface area contributed by atoms with E-state index in [2.05, 4.69) is 0 Å². The van der Waals surface area contributed by atoms with E-state index in [1.54, 1.807) is 0 Å². The molecule has 0 spiro atoms. The van der Waals surface area contributed by atoms with Gasteiger partial charge < -0.3 is 16.6 Å². The molecule has 56 valence electrons. The summed E-state index contributed by atoms with van der Waals surface area (Å²) in [5.74, 6) is -1.04. The molecule has 0 saturated heterocycles. The molecule has 1 aliphatic rings. The van der Waals surface area contributed by atoms with Gasteiger partial charge in [-0.1, -0.05) is 0 Å². The lowest BCUT2D eigenvalue weighted by Gasteiger charge is -2.22. The van der Waals surface area contributed by atoms with Gasteiger partial charge in [0.15, 0.2) is 0 Å². The molecule has 0 heterocycles. The summed E-state index contributed by atoms with van der Waals surface area (Å²) < 4.78 is 12.5. The van der Waals surface area contributed by atoms with Crippen molar-refractivity contribution in [2.75, 3.05) is 0 Å². The van der Waals surface area contributed by atoms with E-state index in [1.165, 1.54) is 12.2 Å². The first kappa shape index (κ1) is 7.24. The number of aliphatic hydroxyl groups excluding tert-OH is 1. The molecule has 0 atom stereocenters. The number of nitrogens with two attached hydrogens (primary N) is 2. The van der Waals surface area contributed by atoms with Gasteiger partial charge in [0.1, 0.15) is 11.6 Å². The Labute approximate surface area is 57.8 Å². The molecule has 0 fully saturated rings. The van der Waals surface area contributed by atoms with Gasteiger partial charge in [-0.15, -0.1) is 0 Å². The van der Waals surface area contributed by atoms with Crippen molar-refractivity contribution in [3.05, 3.63) is 23.7 Å². The summed E-state index contributed by atoms with van der Waals surface area (Å²) in [7, 11) is 0. The van der Waals surface area contributed by atoms with Crippen LogP contribution in [-0.2, 0) is 0 Å². The molecule has 4 heteroatoms. The van der Waals surface area contributed by atoms with Crippen molar-refractivity contribution < 1.29 is 9.50 Å². The normalized spacial score (nSPS) is 23.5. The molecule has 1 rings (SSSR count). The minimum atomic E-state index is -1.14. The predicted molar refractivity (Wildman–Crippen MR) is 35.6 cm³/mol. The molecule has 10 heavy (non-hydrogen) atoms. The maximum atomic E-state index is 12.5. The van der Waals surface area contributed by atoms with Gasteiger partial charge in [0.2, 0.25) is 0 Å². The maximum absolute atomic E-state index is 12.5. The molecule has 0 aromatic rings. The lowest BCUT2D eigenvalue weighted by atomic mass is 10.0. The largest absolute Gasteiger partial charge is 0.505 e. The van der Waals surface area contributed by atoms with E-state index in [-0.39, 0.29) is 12.2 Å². The summed E-state index contributed by atoms with van der Waals surface area (Å²) in [6.45, 7) is 0. The number of aliphatic hydroxyl groups is 1. The van der Waals surface area contributed by atoms with Crippen LogP contribution in [0.2, 0.25) is 0 Å². The Kier molecular flexibility index (Phi) is 1.50. The lowest BCUT2D eigenvalue weighted by Crippen LogP contribution is -2.48. The number of hydrogen-bond acceptors (Lipinski definition) is 3. The van der Waals surface area contributed by atoms with Crippen molar-refractivity contribution in [1.29, 1.82) is 0 Å². The number of halogens is 1. The fourth-order valence-electron chi connectivity index (χ4n) is 0.743. The van der Waals surface area contributed by atoms with Crippen LogP contribution in [0.1, 0.15) is 6.42 Å². The van der Waals surface area contributed by atoms with E-state index in [4.69, 9.17) is 16.6 Å². The summed E-state index contributed by atoms with van der Waals surface area (Å²) in [5, 5.41) is 8.72. The topological polar surface area (TPSA) is 72.3 Å². The molecule has 0 amide bonds. The highest BCUT2D eigenvalue weighted by Crippen LogP contribution is 2.20. The van der Waals surface area contributed by atoms with Gasteiger partial charge in [-0.25, -0.2) is 4.39 Å². The third-order valence-corrected chi connectivity index (χ3v) is 1.29. The predicted octanol–water partition coefficient (Wildman–Crippen LogP) is 0.299. The second-order valence-electron chi connectivity index (χ2n) is 2.41. The monoisotopic (exact) mass is 144 g/mol. The third kappa shape index (κ3) is 1.34. The van der Waals surface area contributed by atoms with E-state index >= 15 is 0 Å². The second-order valence-corrected chi connectivity index (χ2v) is 2.41. The van der Waals surface area contributed by atoms with Crippen LogP contribution in [-0.4, -0.2) is 10.8 Å². The minimum Gasteiger partial charge on any atom is -0.505 e. The summed E-state index contributed by atoms with van der Waals surface area (Å²) >= 11 is 0. The van der Waals surface area contributed by atoms with Crippen molar-refractivity contribution in [3.8, 4) is 0 Å². The van der Waals surface area contributed by atoms with Crippen LogP contribution in [0.4, 0.5) is 4.39 Å². The molecule has 5 N–H and O–H groups in total. The Morgan fingerprint density at radius 2 is 2.20 bits per heavy atom. The standard InChI is InChI=1S/C6H9FN2O/c7-4-3-6(8,9)2-1-5(4)10/h1-2,10H,3,8-9H2. The van der Waals surface area contributed by atoms with Crippen molar-refractivity contribution in [2.24, 2.45) is 11.5 Å². The molecule has 1 aliphatic carbocycles. The summed E-state index contributed by atoms with van der Waals surface area (Å²) in [6.07, 6.45) is 2.39. The number of rotatable bonds is 0. The third-order valence-electron chi connectivity index (χ3n) is 1.29. The average Bonchev–Trinajstić information content (AvgIpc) is 1.79. The molecule has 0 unspecified atom stereocenters. The first-order chi connectivity index (χ1) is 4.51. The van der Waals surface area contributed by atoms with Gasteiger partial charge in [-0.05, 0) is 12.2 Å². The Bertz CT molecular complexity index is 208. The van der Waals surface area contributed by atoms with Gasteiger partial charge in [-0.2, -0.15) is 0 Å². The highest BCUT2D eigenvalue weighted by atomic mass is 19.1. The zero-order valence-corrected chi connectivity index (χ0v) is 5.34. The van der Waals surface area contributed by atoms with Crippen molar-refractivity contribution in [1.82, 2.24) is 0 Å². The van der Waals surface area contributed by atoms with Crippen molar-refractivity contribution in [2.45, 2.75) is 12.1 Å². The molecule has 3 nitrogen and oxygen atoms in total. The van der Waals surface area contributed by atoms with Crippen LogP contribution in [0.15, 0.2) is 23.7 Å². The fraction of sp³-hybridized carbons (Fsp3) is 0.333.